The molecule has 0 aromatic heterocycles. The Kier molecular flexibility index (Phi) is 7.91. The quantitative estimate of drug-likeness (QED) is 0.698. The fourth-order valence-electron chi connectivity index (χ4n) is 3.48. The number of hydrogen-bond donors (Lipinski definition) is 1. The number of ether oxygens (including phenoxy) is 1. The summed E-state index contributed by atoms with van der Waals surface area (Å²) in [5.74, 6) is -1.02. The average Bonchev–Trinajstić information content (AvgIpc) is 3.06. The Morgan fingerprint density at radius 3 is 2.27 bits per heavy atom. The molecule has 0 spiro atoms. The van der Waals surface area contributed by atoms with Gasteiger partial charge in [0.15, 0.2) is 0 Å². The lowest BCUT2D eigenvalue weighted by atomic mass is 9.89. The van der Waals surface area contributed by atoms with Crippen molar-refractivity contribution in [1.29, 1.82) is 0 Å². The van der Waals surface area contributed by atoms with E-state index in [1.54, 1.807) is 51.9 Å². The minimum absolute atomic E-state index is 0.265. The second-order valence-electron chi connectivity index (χ2n) is 9.06. The number of likely N-dealkylation sites (N-methyl/N-ethyl adjacent to an activating group) is 1. The van der Waals surface area contributed by atoms with Crippen LogP contribution in [0.25, 0.3) is 0 Å². The first-order valence-corrected chi connectivity index (χ1v) is 10.9. The van der Waals surface area contributed by atoms with E-state index in [2.05, 4.69) is 28.2 Å². The molecule has 1 aromatic carbocycles. The molecule has 30 heavy (non-hydrogen) atoms. The number of nitrogens with one attached hydrogen (secondary N) is 1. The fraction of sp³-hybridized carbons (Fsp3) is 0.591. The Bertz CT molecular complexity index is 774. The van der Waals surface area contributed by atoms with E-state index in [-0.39, 0.29) is 11.8 Å². The first-order valence-electron chi connectivity index (χ1n) is 10.1. The first-order chi connectivity index (χ1) is 13.9. The molecule has 0 aliphatic carbocycles. The summed E-state index contributed by atoms with van der Waals surface area (Å²) in [4.78, 5) is 42.4. The van der Waals surface area contributed by atoms with Gasteiger partial charge in [-0.2, -0.15) is 0 Å². The van der Waals surface area contributed by atoms with E-state index < -0.39 is 23.7 Å². The predicted octanol–water partition coefficient (Wildman–Crippen LogP) is 3.38. The number of carbonyl (C=O) groups is 3. The van der Waals surface area contributed by atoms with Gasteiger partial charge in [0, 0.05) is 31.7 Å². The highest BCUT2D eigenvalue weighted by Crippen LogP contribution is 2.27. The zero-order valence-corrected chi connectivity index (χ0v) is 20.2. The Labute approximate surface area is 187 Å². The Balaban J connectivity index is 2.45. The summed E-state index contributed by atoms with van der Waals surface area (Å²) < 4.78 is 6.25. The van der Waals surface area contributed by atoms with Gasteiger partial charge in [-0.15, -0.1) is 0 Å². The molecule has 0 bridgehead atoms. The topological polar surface area (TPSA) is 79.0 Å². The van der Waals surface area contributed by atoms with Gasteiger partial charge in [-0.25, -0.2) is 4.79 Å². The normalized spacial score (nSPS) is 18.5. The van der Waals surface area contributed by atoms with Gasteiger partial charge in [-0.3, -0.25) is 9.59 Å². The molecule has 166 valence electrons. The second kappa shape index (κ2) is 9.81. The number of amides is 3. The summed E-state index contributed by atoms with van der Waals surface area (Å²) in [6, 6.07) is 6.15. The van der Waals surface area contributed by atoms with Crippen LogP contribution < -0.4 is 5.32 Å². The average molecular weight is 482 g/mol. The lowest BCUT2D eigenvalue weighted by molar-refractivity contribution is -0.139. The predicted molar refractivity (Wildman–Crippen MR) is 119 cm³/mol. The van der Waals surface area contributed by atoms with Crippen molar-refractivity contribution in [3.8, 4) is 0 Å². The maximum atomic E-state index is 13.5. The molecule has 3 amide bonds. The van der Waals surface area contributed by atoms with Gasteiger partial charge in [0.25, 0.3) is 0 Å². The number of halogens is 1. The van der Waals surface area contributed by atoms with Crippen LogP contribution in [-0.4, -0.2) is 66.5 Å². The molecule has 1 N–H and O–H groups in total. The Hall–Kier alpha value is -2.09. The molecule has 0 radical (unpaired) electrons. The van der Waals surface area contributed by atoms with Gasteiger partial charge < -0.3 is 19.9 Å². The molecule has 1 fully saturated rings. The van der Waals surface area contributed by atoms with Crippen molar-refractivity contribution < 1.29 is 19.1 Å². The van der Waals surface area contributed by atoms with Gasteiger partial charge in [0.05, 0.1) is 5.92 Å². The van der Waals surface area contributed by atoms with Crippen molar-refractivity contribution in [2.24, 2.45) is 5.92 Å². The van der Waals surface area contributed by atoms with Crippen molar-refractivity contribution in [3.63, 3.8) is 0 Å². The van der Waals surface area contributed by atoms with Crippen LogP contribution in [0.2, 0.25) is 0 Å². The van der Waals surface area contributed by atoms with Crippen molar-refractivity contribution >= 4 is 33.8 Å². The third-order valence-corrected chi connectivity index (χ3v) is 5.47. The highest BCUT2D eigenvalue weighted by Gasteiger charge is 2.41. The molecular weight excluding hydrogens is 450 g/mol. The minimum atomic E-state index is -1.07. The molecule has 3 atom stereocenters. The minimum Gasteiger partial charge on any atom is -0.444 e. The van der Waals surface area contributed by atoms with Crippen LogP contribution >= 0.6 is 15.9 Å². The third-order valence-electron chi connectivity index (χ3n) is 4.94. The smallest absolute Gasteiger partial charge is 0.408 e. The van der Waals surface area contributed by atoms with Crippen LogP contribution in [0.15, 0.2) is 28.7 Å². The van der Waals surface area contributed by atoms with Gasteiger partial charge in [-0.1, -0.05) is 35.0 Å². The molecular formula is C22H32BrN3O4. The Morgan fingerprint density at radius 2 is 1.80 bits per heavy atom. The van der Waals surface area contributed by atoms with E-state index in [4.69, 9.17) is 4.74 Å². The van der Waals surface area contributed by atoms with Crippen molar-refractivity contribution in [1.82, 2.24) is 15.1 Å². The van der Waals surface area contributed by atoms with Crippen LogP contribution in [0.1, 0.15) is 45.6 Å². The number of rotatable bonds is 5. The van der Waals surface area contributed by atoms with Crippen LogP contribution in [0, 0.1) is 5.92 Å². The molecule has 1 saturated heterocycles. The number of nitrogens with zero attached hydrogens (tertiary/aromatic N) is 2. The molecule has 1 aliphatic rings. The lowest BCUT2D eigenvalue weighted by Crippen LogP contribution is -2.54. The van der Waals surface area contributed by atoms with Gasteiger partial charge in [-0.05, 0) is 50.8 Å². The second-order valence-corrected chi connectivity index (χ2v) is 9.98. The van der Waals surface area contributed by atoms with Gasteiger partial charge >= 0.3 is 6.09 Å². The number of likely N-dealkylation sites (tertiary alicyclic amines) is 1. The van der Waals surface area contributed by atoms with Crippen molar-refractivity contribution in [3.05, 3.63) is 34.3 Å². The number of hydrogen-bond acceptors (Lipinski definition) is 4. The monoisotopic (exact) mass is 481 g/mol. The van der Waals surface area contributed by atoms with E-state index in [0.29, 0.717) is 24.6 Å². The summed E-state index contributed by atoms with van der Waals surface area (Å²) in [7, 11) is 3.28. The van der Waals surface area contributed by atoms with E-state index >= 15 is 0 Å². The van der Waals surface area contributed by atoms with Crippen LogP contribution in [0.3, 0.4) is 0 Å². The standard InChI is InChI=1S/C22H32BrN3O4/c1-14-11-12-26(13-14)20(28)18(24-21(29)30-22(2,3)4)17(19(27)25(5)6)15-7-9-16(23)10-8-15/h7-10,14,17-18H,11-13H2,1-6H3,(H,24,29)/t14-,17?,18?/m0/s1. The summed E-state index contributed by atoms with van der Waals surface area (Å²) in [5.41, 5.74) is -0.0723. The van der Waals surface area contributed by atoms with E-state index in [1.165, 1.54) is 4.90 Å². The molecule has 2 unspecified atom stereocenters. The molecule has 0 saturated carbocycles. The van der Waals surface area contributed by atoms with Crippen LogP contribution in [0.4, 0.5) is 4.79 Å². The zero-order valence-electron chi connectivity index (χ0n) is 18.6. The molecule has 8 heteroatoms. The maximum absolute atomic E-state index is 13.5. The van der Waals surface area contributed by atoms with E-state index in [0.717, 1.165) is 10.9 Å². The maximum Gasteiger partial charge on any atom is 0.408 e. The summed E-state index contributed by atoms with van der Waals surface area (Å²) in [6.45, 7) is 8.55. The highest BCUT2D eigenvalue weighted by atomic mass is 79.9. The largest absolute Gasteiger partial charge is 0.444 e. The SMILES string of the molecule is C[C@H]1CCN(C(=O)C(NC(=O)OC(C)(C)C)C(C(=O)N(C)C)c2ccc(Br)cc2)C1. The fourth-order valence-corrected chi connectivity index (χ4v) is 3.74. The summed E-state index contributed by atoms with van der Waals surface area (Å²) in [5, 5.41) is 2.70. The number of carbonyl (C=O) groups excluding carboxylic acids is 3. The summed E-state index contributed by atoms with van der Waals surface area (Å²) >= 11 is 3.40. The zero-order chi connectivity index (χ0) is 22.6. The first kappa shape index (κ1) is 24.2. The third kappa shape index (κ3) is 6.45. The Morgan fingerprint density at radius 1 is 1.20 bits per heavy atom. The lowest BCUT2D eigenvalue weighted by Gasteiger charge is -2.32. The van der Waals surface area contributed by atoms with E-state index in [1.807, 2.05) is 12.1 Å². The molecule has 7 nitrogen and oxygen atoms in total. The van der Waals surface area contributed by atoms with Crippen molar-refractivity contribution in [2.75, 3.05) is 27.2 Å². The number of benzene rings is 1. The molecule has 1 aliphatic heterocycles. The molecule has 1 aromatic rings. The van der Waals surface area contributed by atoms with E-state index in [9.17, 15) is 14.4 Å². The highest BCUT2D eigenvalue weighted by molar-refractivity contribution is 9.10. The van der Waals surface area contributed by atoms with Gasteiger partial charge in [0.2, 0.25) is 11.8 Å². The van der Waals surface area contributed by atoms with Crippen molar-refractivity contribution in [2.45, 2.75) is 51.7 Å². The molecule has 1 heterocycles. The summed E-state index contributed by atoms with van der Waals surface area (Å²) in [6.07, 6.45) is 0.178. The van der Waals surface area contributed by atoms with Gasteiger partial charge in [0.1, 0.15) is 11.6 Å². The molecule has 2 rings (SSSR count). The van der Waals surface area contributed by atoms with Crippen LogP contribution in [-0.2, 0) is 14.3 Å². The number of alkyl carbamates (subject to hydrolysis) is 1. The van der Waals surface area contributed by atoms with Crippen LogP contribution in [0.5, 0.6) is 0 Å².